The Bertz CT molecular complexity index is 886. The second-order valence-corrected chi connectivity index (χ2v) is 7.30. The molecule has 0 bridgehead atoms. The van der Waals surface area contributed by atoms with Crippen LogP contribution in [0.15, 0.2) is 40.1 Å². The van der Waals surface area contributed by atoms with Crippen molar-refractivity contribution in [3.05, 3.63) is 35.7 Å². The highest BCUT2D eigenvalue weighted by Gasteiger charge is 2.28. The number of benzene rings is 1. The molecule has 1 saturated heterocycles. The van der Waals surface area contributed by atoms with Crippen LogP contribution in [-0.4, -0.2) is 78.3 Å². The molecule has 0 aliphatic carbocycles. The lowest BCUT2D eigenvalue weighted by molar-refractivity contribution is 0.0668. The Kier molecular flexibility index (Phi) is 4.18. The number of carbonyl (C=O) groups is 1. The molecule has 1 amide bonds. The monoisotopic (exact) mass is 381 g/mol. The maximum absolute atomic E-state index is 12.8. The average Bonchev–Trinajstić information content (AvgIpc) is 3.38. The van der Waals surface area contributed by atoms with Gasteiger partial charge >= 0.3 is 0 Å². The Hall–Kier alpha value is -3.03. The molecule has 1 aromatic rings. The van der Waals surface area contributed by atoms with Gasteiger partial charge in [-0.05, 0) is 24.6 Å². The summed E-state index contributed by atoms with van der Waals surface area (Å²) in [4.78, 5) is 28.4. The Morgan fingerprint density at radius 3 is 2.82 bits per heavy atom. The van der Waals surface area contributed by atoms with Gasteiger partial charge in [0.25, 0.3) is 5.91 Å². The zero-order chi connectivity index (χ0) is 19.1. The van der Waals surface area contributed by atoms with Gasteiger partial charge in [0.05, 0.1) is 12.4 Å². The standard InChI is InChI=1S/C20H23N5O3/c1-2-15-11-25-12-21-18(10-19(25)22-15)23-5-7-24(8-6-23)20(26)14-3-4-16-17(9-14)28-13-27-16/h3-4,9-10,12,15H,2,5-8,11,13H2,1H3/t15-/m1/s1. The largest absolute Gasteiger partial charge is 0.454 e. The van der Waals surface area contributed by atoms with Gasteiger partial charge in [-0.15, -0.1) is 0 Å². The number of amidine groups is 1. The van der Waals surface area contributed by atoms with E-state index in [4.69, 9.17) is 14.5 Å². The first-order chi connectivity index (χ1) is 13.7. The Labute approximate surface area is 163 Å². The van der Waals surface area contributed by atoms with Gasteiger partial charge in [0.1, 0.15) is 11.7 Å². The fourth-order valence-corrected chi connectivity index (χ4v) is 3.87. The summed E-state index contributed by atoms with van der Waals surface area (Å²) in [6.07, 6.45) is 4.98. The van der Waals surface area contributed by atoms with Crippen molar-refractivity contribution in [2.45, 2.75) is 19.4 Å². The topological polar surface area (TPSA) is 70.0 Å². The van der Waals surface area contributed by atoms with E-state index >= 15 is 0 Å². The van der Waals surface area contributed by atoms with E-state index in [0.29, 0.717) is 36.2 Å². The van der Waals surface area contributed by atoms with Crippen molar-refractivity contribution >= 4 is 18.1 Å². The lowest BCUT2D eigenvalue weighted by atomic mass is 10.1. The minimum atomic E-state index is 0.0243. The Morgan fingerprint density at radius 1 is 1.18 bits per heavy atom. The van der Waals surface area contributed by atoms with Crippen LogP contribution in [0.3, 0.4) is 0 Å². The van der Waals surface area contributed by atoms with Gasteiger partial charge in [-0.2, -0.15) is 0 Å². The molecule has 4 heterocycles. The lowest BCUT2D eigenvalue weighted by Gasteiger charge is -2.37. The van der Waals surface area contributed by atoms with Crippen molar-refractivity contribution in [3.63, 3.8) is 0 Å². The quantitative estimate of drug-likeness (QED) is 0.795. The summed E-state index contributed by atoms with van der Waals surface area (Å²) in [6, 6.07) is 5.72. The second kappa shape index (κ2) is 6.85. The van der Waals surface area contributed by atoms with Crippen molar-refractivity contribution in [3.8, 4) is 11.5 Å². The van der Waals surface area contributed by atoms with Crippen LogP contribution in [0.5, 0.6) is 11.5 Å². The third-order valence-corrected chi connectivity index (χ3v) is 5.59. The normalized spacial score (nSPS) is 22.9. The van der Waals surface area contributed by atoms with Crippen LogP contribution < -0.4 is 9.47 Å². The van der Waals surface area contributed by atoms with Crippen molar-refractivity contribution in [1.82, 2.24) is 14.7 Å². The van der Waals surface area contributed by atoms with Crippen LogP contribution in [0, 0.1) is 0 Å². The Balaban J connectivity index is 1.23. The summed E-state index contributed by atoms with van der Waals surface area (Å²) in [7, 11) is 0. The highest BCUT2D eigenvalue weighted by Crippen LogP contribution is 2.33. The van der Waals surface area contributed by atoms with Gasteiger partial charge in [0.2, 0.25) is 6.79 Å². The predicted octanol–water partition coefficient (Wildman–Crippen LogP) is 1.55. The third kappa shape index (κ3) is 2.98. The molecule has 0 radical (unpaired) electrons. The van der Waals surface area contributed by atoms with Crippen molar-refractivity contribution in [1.29, 1.82) is 0 Å². The molecular formula is C20H23N5O3. The van der Waals surface area contributed by atoms with Crippen LogP contribution in [-0.2, 0) is 0 Å². The van der Waals surface area contributed by atoms with E-state index in [9.17, 15) is 4.79 Å². The minimum Gasteiger partial charge on any atom is -0.454 e. The van der Waals surface area contributed by atoms with Crippen LogP contribution >= 0.6 is 0 Å². The molecule has 8 heteroatoms. The van der Waals surface area contributed by atoms with Gasteiger partial charge < -0.3 is 24.2 Å². The Morgan fingerprint density at radius 2 is 2.00 bits per heavy atom. The van der Waals surface area contributed by atoms with Crippen molar-refractivity contribution < 1.29 is 14.3 Å². The number of hydrogen-bond donors (Lipinski definition) is 0. The molecular weight excluding hydrogens is 358 g/mol. The number of nitrogens with zero attached hydrogens (tertiary/aromatic N) is 5. The summed E-state index contributed by atoms with van der Waals surface area (Å²) in [5, 5.41) is 0. The summed E-state index contributed by atoms with van der Waals surface area (Å²) in [6.45, 7) is 6.11. The average molecular weight is 381 g/mol. The molecule has 5 rings (SSSR count). The van der Waals surface area contributed by atoms with E-state index in [2.05, 4.69) is 27.8 Å². The molecule has 146 valence electrons. The molecule has 0 aromatic heterocycles. The fourth-order valence-electron chi connectivity index (χ4n) is 3.87. The maximum atomic E-state index is 12.8. The van der Waals surface area contributed by atoms with E-state index in [1.165, 1.54) is 0 Å². The zero-order valence-corrected chi connectivity index (χ0v) is 15.9. The molecule has 28 heavy (non-hydrogen) atoms. The first-order valence-electron chi connectivity index (χ1n) is 9.75. The van der Waals surface area contributed by atoms with Crippen LogP contribution in [0.1, 0.15) is 23.7 Å². The van der Waals surface area contributed by atoms with Crippen molar-refractivity contribution in [2.75, 3.05) is 39.5 Å². The minimum absolute atomic E-state index is 0.0243. The molecule has 1 aromatic carbocycles. The number of carbonyl (C=O) groups excluding carboxylic acids is 1. The number of rotatable bonds is 3. The molecule has 1 fully saturated rings. The number of ether oxygens (including phenoxy) is 2. The molecule has 0 N–H and O–H groups in total. The highest BCUT2D eigenvalue weighted by molar-refractivity contribution is 6.03. The number of amides is 1. The molecule has 0 spiro atoms. The maximum Gasteiger partial charge on any atom is 0.254 e. The smallest absolute Gasteiger partial charge is 0.254 e. The number of piperazine rings is 1. The van der Waals surface area contributed by atoms with Crippen LogP contribution in [0.2, 0.25) is 0 Å². The SMILES string of the molecule is CC[C@@H]1CN2C=NC(N3CCN(C(=O)c4ccc5c(c4)OCO5)CC3)=CC2=N1. The van der Waals surface area contributed by atoms with E-state index in [-0.39, 0.29) is 12.7 Å². The molecule has 1 atom stereocenters. The van der Waals surface area contributed by atoms with Gasteiger partial charge in [-0.1, -0.05) is 6.92 Å². The second-order valence-electron chi connectivity index (χ2n) is 7.30. The number of fused-ring (bicyclic) bond motifs is 2. The van der Waals surface area contributed by atoms with Gasteiger partial charge in [-0.25, -0.2) is 4.99 Å². The summed E-state index contributed by atoms with van der Waals surface area (Å²) in [5.74, 6) is 3.28. The summed E-state index contributed by atoms with van der Waals surface area (Å²) in [5.41, 5.74) is 0.633. The predicted molar refractivity (Wildman–Crippen MR) is 105 cm³/mol. The molecule has 4 aliphatic heterocycles. The fraction of sp³-hybridized carbons (Fsp3) is 0.450. The molecule has 8 nitrogen and oxygen atoms in total. The van der Waals surface area contributed by atoms with E-state index in [0.717, 1.165) is 37.7 Å². The zero-order valence-electron chi connectivity index (χ0n) is 15.9. The first-order valence-corrected chi connectivity index (χ1v) is 9.75. The lowest BCUT2D eigenvalue weighted by Crippen LogP contribution is -2.48. The van der Waals surface area contributed by atoms with Crippen molar-refractivity contribution in [2.24, 2.45) is 9.98 Å². The molecule has 0 unspecified atom stereocenters. The molecule has 0 saturated carbocycles. The number of hydrogen-bond acceptors (Lipinski definition) is 7. The van der Waals surface area contributed by atoms with E-state index in [1.807, 2.05) is 11.2 Å². The first kappa shape index (κ1) is 17.1. The third-order valence-electron chi connectivity index (χ3n) is 5.59. The van der Waals surface area contributed by atoms with E-state index < -0.39 is 0 Å². The van der Waals surface area contributed by atoms with Crippen LogP contribution in [0.25, 0.3) is 0 Å². The van der Waals surface area contributed by atoms with Gasteiger partial charge in [0.15, 0.2) is 11.5 Å². The van der Waals surface area contributed by atoms with E-state index in [1.54, 1.807) is 18.2 Å². The number of aliphatic imine (C=N–C) groups is 2. The summed E-state index contributed by atoms with van der Waals surface area (Å²) < 4.78 is 10.7. The summed E-state index contributed by atoms with van der Waals surface area (Å²) >= 11 is 0. The molecule has 4 aliphatic rings. The van der Waals surface area contributed by atoms with Gasteiger partial charge in [0, 0.05) is 44.4 Å². The highest BCUT2D eigenvalue weighted by atomic mass is 16.7. The van der Waals surface area contributed by atoms with Crippen LogP contribution in [0.4, 0.5) is 0 Å². The van der Waals surface area contributed by atoms with Gasteiger partial charge in [-0.3, -0.25) is 9.79 Å².